The van der Waals surface area contributed by atoms with Gasteiger partial charge in [-0.3, -0.25) is 10.1 Å². The highest BCUT2D eigenvalue weighted by Gasteiger charge is 2.12. The zero-order valence-corrected chi connectivity index (χ0v) is 12.5. The number of rotatable bonds is 4. The molecule has 1 heterocycles. The first-order valence-electron chi connectivity index (χ1n) is 6.21. The standard InChI is InChI=1S/C15H14N4OS/c1-19(2)9-12(8-16)14(20)18-15-17-13(10-21-15)11-6-4-3-5-7-11/h3-7,9-10H,1-2H3,(H,17,18,20)/b12-9-. The normalized spacial score (nSPS) is 10.8. The number of aromatic nitrogens is 1. The van der Waals surface area contributed by atoms with E-state index in [1.54, 1.807) is 19.0 Å². The maximum absolute atomic E-state index is 12.0. The molecular formula is C15H14N4OS. The third-order valence-electron chi connectivity index (χ3n) is 2.55. The second kappa shape index (κ2) is 6.68. The fourth-order valence-electron chi connectivity index (χ4n) is 1.63. The Morgan fingerprint density at radius 2 is 2.10 bits per heavy atom. The van der Waals surface area contributed by atoms with Crippen molar-refractivity contribution in [2.75, 3.05) is 19.4 Å². The Balaban J connectivity index is 2.13. The molecule has 0 aliphatic carbocycles. The molecule has 2 aromatic rings. The highest BCUT2D eigenvalue weighted by Crippen LogP contribution is 2.24. The Morgan fingerprint density at radius 1 is 1.38 bits per heavy atom. The van der Waals surface area contributed by atoms with Crippen molar-refractivity contribution in [3.05, 3.63) is 47.5 Å². The number of nitrogens with zero attached hydrogens (tertiary/aromatic N) is 3. The van der Waals surface area contributed by atoms with E-state index in [4.69, 9.17) is 5.26 Å². The van der Waals surface area contributed by atoms with Crippen LogP contribution in [0.15, 0.2) is 47.5 Å². The highest BCUT2D eigenvalue weighted by atomic mass is 32.1. The van der Waals surface area contributed by atoms with Crippen molar-refractivity contribution in [2.24, 2.45) is 0 Å². The lowest BCUT2D eigenvalue weighted by Gasteiger charge is -2.05. The van der Waals surface area contributed by atoms with Crippen molar-refractivity contribution in [3.63, 3.8) is 0 Å². The summed E-state index contributed by atoms with van der Waals surface area (Å²) in [5.41, 5.74) is 1.82. The predicted octanol–water partition coefficient (Wildman–Crippen LogP) is 2.72. The third kappa shape index (κ3) is 3.91. The Bertz CT molecular complexity index is 698. The quantitative estimate of drug-likeness (QED) is 0.696. The highest BCUT2D eigenvalue weighted by molar-refractivity contribution is 7.14. The first-order chi connectivity index (χ1) is 10.1. The summed E-state index contributed by atoms with van der Waals surface area (Å²) in [6.45, 7) is 0. The lowest BCUT2D eigenvalue weighted by molar-refractivity contribution is -0.112. The van der Waals surface area contributed by atoms with Crippen LogP contribution in [0.25, 0.3) is 11.3 Å². The van der Waals surface area contributed by atoms with E-state index in [-0.39, 0.29) is 5.57 Å². The van der Waals surface area contributed by atoms with Crippen molar-refractivity contribution in [1.29, 1.82) is 5.26 Å². The van der Waals surface area contributed by atoms with Crippen molar-refractivity contribution in [2.45, 2.75) is 0 Å². The predicted molar refractivity (Wildman–Crippen MR) is 83.6 cm³/mol. The number of carbonyl (C=O) groups excluding carboxylic acids is 1. The van der Waals surface area contributed by atoms with E-state index < -0.39 is 5.91 Å². The number of amides is 1. The monoisotopic (exact) mass is 298 g/mol. The Hall–Kier alpha value is -2.65. The van der Waals surface area contributed by atoms with Gasteiger partial charge in [-0.1, -0.05) is 30.3 Å². The molecule has 0 atom stereocenters. The number of carbonyl (C=O) groups is 1. The molecule has 2 rings (SSSR count). The summed E-state index contributed by atoms with van der Waals surface area (Å²) in [7, 11) is 3.50. The van der Waals surface area contributed by atoms with E-state index in [1.807, 2.05) is 41.8 Å². The summed E-state index contributed by atoms with van der Waals surface area (Å²) < 4.78 is 0. The van der Waals surface area contributed by atoms with Crippen molar-refractivity contribution < 1.29 is 4.79 Å². The Labute approximate surface area is 127 Å². The largest absolute Gasteiger partial charge is 0.382 e. The number of anilines is 1. The van der Waals surface area contributed by atoms with Crippen LogP contribution in [0.1, 0.15) is 0 Å². The maximum atomic E-state index is 12.0. The van der Waals surface area contributed by atoms with Gasteiger partial charge < -0.3 is 4.90 Å². The summed E-state index contributed by atoms with van der Waals surface area (Å²) in [5, 5.41) is 14.0. The van der Waals surface area contributed by atoms with Crippen LogP contribution in [-0.4, -0.2) is 29.9 Å². The van der Waals surface area contributed by atoms with Gasteiger partial charge in [0.2, 0.25) is 0 Å². The van der Waals surface area contributed by atoms with Crippen molar-refractivity contribution in [3.8, 4) is 17.3 Å². The second-order valence-corrected chi connectivity index (χ2v) is 5.33. The molecule has 1 aromatic carbocycles. The Kier molecular flexibility index (Phi) is 4.69. The minimum Gasteiger partial charge on any atom is -0.382 e. The molecule has 21 heavy (non-hydrogen) atoms. The number of hydrogen-bond acceptors (Lipinski definition) is 5. The van der Waals surface area contributed by atoms with Gasteiger partial charge in [0, 0.05) is 31.2 Å². The van der Waals surface area contributed by atoms with Crippen molar-refractivity contribution in [1.82, 2.24) is 9.88 Å². The summed E-state index contributed by atoms with van der Waals surface area (Å²) in [4.78, 5) is 18.0. The molecule has 0 aliphatic heterocycles. The smallest absolute Gasteiger partial charge is 0.269 e. The zero-order chi connectivity index (χ0) is 15.2. The molecule has 0 unspecified atom stereocenters. The lowest BCUT2D eigenvalue weighted by atomic mass is 10.2. The topological polar surface area (TPSA) is 69.0 Å². The summed E-state index contributed by atoms with van der Waals surface area (Å²) in [6, 6.07) is 11.6. The SMILES string of the molecule is CN(C)/C=C(/C#N)C(=O)Nc1nc(-c2ccccc2)cs1. The molecule has 0 aliphatic rings. The summed E-state index contributed by atoms with van der Waals surface area (Å²) >= 11 is 1.33. The van der Waals surface area contributed by atoms with Crippen molar-refractivity contribution >= 4 is 22.4 Å². The lowest BCUT2D eigenvalue weighted by Crippen LogP contribution is -2.16. The molecule has 1 aromatic heterocycles. The van der Waals surface area contributed by atoms with E-state index in [0.29, 0.717) is 5.13 Å². The molecule has 1 N–H and O–H groups in total. The van der Waals surface area contributed by atoms with E-state index >= 15 is 0 Å². The van der Waals surface area contributed by atoms with Gasteiger partial charge in [-0.05, 0) is 0 Å². The van der Waals surface area contributed by atoms with Crippen LogP contribution < -0.4 is 5.32 Å². The molecule has 6 heteroatoms. The molecular weight excluding hydrogens is 284 g/mol. The van der Waals surface area contributed by atoms with Gasteiger partial charge in [0.25, 0.3) is 5.91 Å². The fraction of sp³-hybridized carbons (Fsp3) is 0.133. The van der Waals surface area contributed by atoms with Crippen LogP contribution in [0.3, 0.4) is 0 Å². The van der Waals surface area contributed by atoms with Gasteiger partial charge in [0.05, 0.1) is 5.69 Å². The maximum Gasteiger partial charge on any atom is 0.269 e. The molecule has 0 fully saturated rings. The number of thiazole rings is 1. The molecule has 0 saturated carbocycles. The summed E-state index contributed by atoms with van der Waals surface area (Å²) in [5.74, 6) is -0.458. The second-order valence-electron chi connectivity index (χ2n) is 4.48. The minimum absolute atomic E-state index is 0.0384. The van der Waals surface area contributed by atoms with E-state index in [2.05, 4.69) is 10.3 Å². The first kappa shape index (κ1) is 14.8. The molecule has 5 nitrogen and oxygen atoms in total. The number of nitrogens with one attached hydrogen (secondary N) is 1. The van der Waals surface area contributed by atoms with Gasteiger partial charge >= 0.3 is 0 Å². The fourth-order valence-corrected chi connectivity index (χ4v) is 2.35. The zero-order valence-electron chi connectivity index (χ0n) is 11.7. The molecule has 0 saturated heterocycles. The van der Waals surface area contributed by atoms with Crippen LogP contribution >= 0.6 is 11.3 Å². The number of benzene rings is 1. The average Bonchev–Trinajstić information content (AvgIpc) is 2.94. The van der Waals surface area contributed by atoms with Gasteiger partial charge in [-0.15, -0.1) is 11.3 Å². The van der Waals surface area contributed by atoms with Gasteiger partial charge in [0.15, 0.2) is 5.13 Å². The van der Waals surface area contributed by atoms with Crippen LogP contribution in [0.4, 0.5) is 5.13 Å². The van der Waals surface area contributed by atoms with Crippen LogP contribution in [0.2, 0.25) is 0 Å². The molecule has 0 radical (unpaired) electrons. The molecule has 0 spiro atoms. The first-order valence-corrected chi connectivity index (χ1v) is 7.09. The molecule has 106 valence electrons. The summed E-state index contributed by atoms with van der Waals surface area (Å²) in [6.07, 6.45) is 1.47. The average molecular weight is 298 g/mol. The van der Waals surface area contributed by atoms with Crippen LogP contribution in [-0.2, 0) is 4.79 Å². The van der Waals surface area contributed by atoms with Crippen LogP contribution in [0.5, 0.6) is 0 Å². The minimum atomic E-state index is -0.458. The third-order valence-corrected chi connectivity index (χ3v) is 3.30. The molecule has 1 amide bonds. The van der Waals surface area contributed by atoms with Gasteiger partial charge in [0.1, 0.15) is 11.6 Å². The van der Waals surface area contributed by atoms with Gasteiger partial charge in [-0.25, -0.2) is 4.98 Å². The number of hydrogen-bond donors (Lipinski definition) is 1. The Morgan fingerprint density at radius 3 is 2.71 bits per heavy atom. The van der Waals surface area contributed by atoms with E-state index in [9.17, 15) is 4.79 Å². The van der Waals surface area contributed by atoms with Crippen LogP contribution in [0, 0.1) is 11.3 Å². The van der Waals surface area contributed by atoms with E-state index in [0.717, 1.165) is 11.3 Å². The van der Waals surface area contributed by atoms with E-state index in [1.165, 1.54) is 17.5 Å². The number of nitriles is 1. The van der Waals surface area contributed by atoms with Gasteiger partial charge in [-0.2, -0.15) is 5.26 Å². The molecule has 0 bridgehead atoms.